The van der Waals surface area contributed by atoms with Crippen LogP contribution in [-0.2, 0) is 5.41 Å². The van der Waals surface area contributed by atoms with E-state index in [9.17, 15) is 4.79 Å². The van der Waals surface area contributed by atoms with Crippen LogP contribution in [0.15, 0.2) is 42.6 Å². The van der Waals surface area contributed by atoms with Gasteiger partial charge in [-0.15, -0.1) is 0 Å². The van der Waals surface area contributed by atoms with Gasteiger partial charge in [0.2, 0.25) is 0 Å². The molecule has 3 rings (SSSR count). The maximum absolute atomic E-state index is 12.6. The van der Waals surface area contributed by atoms with Crippen molar-refractivity contribution >= 4 is 5.91 Å². The van der Waals surface area contributed by atoms with Crippen LogP contribution in [0.25, 0.3) is 0 Å². The highest BCUT2D eigenvalue weighted by molar-refractivity contribution is 5.94. The molecule has 0 spiro atoms. The van der Waals surface area contributed by atoms with Gasteiger partial charge in [-0.2, -0.15) is 5.26 Å². The molecule has 1 aliphatic rings. The number of carbonyl (C=O) groups excluding carboxylic acids is 1. The third-order valence-electron chi connectivity index (χ3n) is 4.50. The number of rotatable bonds is 2. The van der Waals surface area contributed by atoms with Crippen LogP contribution in [0.1, 0.15) is 41.4 Å². The fourth-order valence-corrected chi connectivity index (χ4v) is 3.25. The van der Waals surface area contributed by atoms with Gasteiger partial charge in [-0.25, -0.2) is 0 Å². The molecular formula is C18H19N3O. The Kier molecular flexibility index (Phi) is 3.72. The molecule has 2 aromatic rings. The molecule has 0 unspecified atom stereocenters. The number of likely N-dealkylation sites (tertiary alicyclic amines) is 1. The number of benzene rings is 1. The van der Waals surface area contributed by atoms with Crippen LogP contribution in [0.2, 0.25) is 0 Å². The molecule has 0 bridgehead atoms. The number of hydrogen-bond acceptors (Lipinski definition) is 2. The van der Waals surface area contributed by atoms with E-state index < -0.39 is 0 Å². The second-order valence-corrected chi connectivity index (χ2v) is 6.17. The number of nitrogens with one attached hydrogen (secondary N) is 1. The molecule has 0 radical (unpaired) electrons. The van der Waals surface area contributed by atoms with Gasteiger partial charge in [0, 0.05) is 24.7 Å². The summed E-state index contributed by atoms with van der Waals surface area (Å²) in [6.45, 7) is 3.71. The van der Waals surface area contributed by atoms with E-state index in [1.165, 1.54) is 5.56 Å². The Morgan fingerprint density at radius 3 is 2.82 bits per heavy atom. The summed E-state index contributed by atoms with van der Waals surface area (Å²) in [7, 11) is 0. The number of nitriles is 1. The zero-order chi connectivity index (χ0) is 15.6. The fraction of sp³-hybridized carbons (Fsp3) is 0.333. The van der Waals surface area contributed by atoms with Gasteiger partial charge in [0.25, 0.3) is 5.91 Å². The summed E-state index contributed by atoms with van der Waals surface area (Å²) in [6, 6.07) is 14.0. The minimum Gasteiger partial charge on any atom is -0.352 e. The topological polar surface area (TPSA) is 59.9 Å². The molecule has 112 valence electrons. The summed E-state index contributed by atoms with van der Waals surface area (Å²) in [5, 5.41) is 8.87. The van der Waals surface area contributed by atoms with Crippen molar-refractivity contribution in [3.63, 3.8) is 0 Å². The smallest absolute Gasteiger partial charge is 0.255 e. The van der Waals surface area contributed by atoms with Crippen molar-refractivity contribution in [3.8, 4) is 6.07 Å². The second kappa shape index (κ2) is 5.69. The van der Waals surface area contributed by atoms with Crippen LogP contribution >= 0.6 is 0 Å². The van der Waals surface area contributed by atoms with Crippen molar-refractivity contribution < 1.29 is 4.79 Å². The summed E-state index contributed by atoms with van der Waals surface area (Å²) in [4.78, 5) is 17.4. The maximum atomic E-state index is 12.6. The molecule has 1 amide bonds. The summed E-state index contributed by atoms with van der Waals surface area (Å²) < 4.78 is 0. The number of H-pyrrole nitrogens is 1. The zero-order valence-electron chi connectivity index (χ0n) is 12.7. The lowest BCUT2D eigenvalue weighted by molar-refractivity contribution is 0.0651. The van der Waals surface area contributed by atoms with Gasteiger partial charge >= 0.3 is 0 Å². The van der Waals surface area contributed by atoms with Crippen molar-refractivity contribution in [2.75, 3.05) is 13.1 Å². The van der Waals surface area contributed by atoms with Crippen LogP contribution < -0.4 is 0 Å². The molecule has 1 fully saturated rings. The first-order chi connectivity index (χ1) is 10.6. The van der Waals surface area contributed by atoms with E-state index in [0.717, 1.165) is 19.4 Å². The Bertz CT molecular complexity index is 713. The lowest BCUT2D eigenvalue weighted by Crippen LogP contribution is -2.47. The third-order valence-corrected chi connectivity index (χ3v) is 4.50. The van der Waals surface area contributed by atoms with Crippen molar-refractivity contribution in [2.24, 2.45) is 0 Å². The van der Waals surface area contributed by atoms with Crippen LogP contribution in [0, 0.1) is 11.3 Å². The van der Waals surface area contributed by atoms with E-state index in [1.54, 1.807) is 12.3 Å². The van der Waals surface area contributed by atoms with Crippen molar-refractivity contribution in [2.45, 2.75) is 25.2 Å². The van der Waals surface area contributed by atoms with Gasteiger partial charge in [-0.3, -0.25) is 4.79 Å². The van der Waals surface area contributed by atoms with Gasteiger partial charge in [-0.05, 0) is 24.5 Å². The number of carbonyl (C=O) groups is 1. The predicted molar refractivity (Wildman–Crippen MR) is 84.4 cm³/mol. The number of amides is 1. The standard InChI is InChI=1S/C18H19N3O/c1-18(15-6-3-2-4-7-15)8-5-9-21(13-18)17(22)14-10-16(11-19)20-12-14/h2-4,6-7,10,12,20H,5,8-9,13H2,1H3/t18-/m0/s1. The maximum Gasteiger partial charge on any atom is 0.255 e. The Morgan fingerprint density at radius 1 is 1.36 bits per heavy atom. The minimum atomic E-state index is -0.0104. The zero-order valence-corrected chi connectivity index (χ0v) is 12.7. The van der Waals surface area contributed by atoms with E-state index >= 15 is 0 Å². The van der Waals surface area contributed by atoms with Crippen molar-refractivity contribution in [3.05, 3.63) is 59.4 Å². The molecule has 1 N–H and O–H groups in total. The first kappa shape index (κ1) is 14.4. The molecule has 1 atom stereocenters. The summed E-state index contributed by atoms with van der Waals surface area (Å²) in [5.74, 6) is -0.000365. The number of hydrogen-bond donors (Lipinski definition) is 1. The molecule has 4 nitrogen and oxygen atoms in total. The van der Waals surface area contributed by atoms with Gasteiger partial charge in [-0.1, -0.05) is 37.3 Å². The lowest BCUT2D eigenvalue weighted by atomic mass is 9.76. The monoisotopic (exact) mass is 293 g/mol. The van der Waals surface area contributed by atoms with Gasteiger partial charge < -0.3 is 9.88 Å². The summed E-state index contributed by atoms with van der Waals surface area (Å²) in [6.07, 6.45) is 3.69. The number of aromatic amines is 1. The van der Waals surface area contributed by atoms with Crippen molar-refractivity contribution in [1.29, 1.82) is 5.26 Å². The quantitative estimate of drug-likeness (QED) is 0.925. The van der Waals surface area contributed by atoms with Crippen LogP contribution in [-0.4, -0.2) is 28.9 Å². The van der Waals surface area contributed by atoms with E-state index in [0.29, 0.717) is 17.8 Å². The summed E-state index contributed by atoms with van der Waals surface area (Å²) in [5.41, 5.74) is 2.25. The number of aromatic nitrogens is 1. The lowest BCUT2D eigenvalue weighted by Gasteiger charge is -2.41. The Hall–Kier alpha value is -2.54. The van der Waals surface area contributed by atoms with E-state index in [4.69, 9.17) is 5.26 Å². The highest BCUT2D eigenvalue weighted by Crippen LogP contribution is 2.34. The average Bonchev–Trinajstić information content (AvgIpc) is 3.04. The third kappa shape index (κ3) is 2.62. The normalized spacial score (nSPS) is 21.4. The molecule has 1 aliphatic heterocycles. The van der Waals surface area contributed by atoms with Crippen LogP contribution in [0.4, 0.5) is 0 Å². The summed E-state index contributed by atoms with van der Waals surface area (Å²) >= 11 is 0. The Morgan fingerprint density at radius 2 is 2.14 bits per heavy atom. The van der Waals surface area contributed by atoms with E-state index in [2.05, 4.69) is 24.0 Å². The fourth-order valence-electron chi connectivity index (χ4n) is 3.25. The van der Waals surface area contributed by atoms with Crippen molar-refractivity contribution in [1.82, 2.24) is 9.88 Å². The molecule has 2 heterocycles. The second-order valence-electron chi connectivity index (χ2n) is 6.17. The first-order valence-corrected chi connectivity index (χ1v) is 7.56. The molecule has 1 aromatic carbocycles. The van der Waals surface area contributed by atoms with Gasteiger partial charge in [0.15, 0.2) is 0 Å². The molecule has 22 heavy (non-hydrogen) atoms. The minimum absolute atomic E-state index is 0.000365. The Labute approximate surface area is 130 Å². The molecule has 1 saturated heterocycles. The molecule has 0 saturated carbocycles. The van der Waals surface area contributed by atoms with Gasteiger partial charge in [0.1, 0.15) is 11.8 Å². The van der Waals surface area contributed by atoms with E-state index in [1.807, 2.05) is 29.2 Å². The highest BCUT2D eigenvalue weighted by atomic mass is 16.2. The largest absolute Gasteiger partial charge is 0.352 e. The molecule has 0 aliphatic carbocycles. The molecule has 1 aromatic heterocycles. The van der Waals surface area contributed by atoms with Crippen LogP contribution in [0.3, 0.4) is 0 Å². The highest BCUT2D eigenvalue weighted by Gasteiger charge is 2.34. The van der Waals surface area contributed by atoms with E-state index in [-0.39, 0.29) is 11.3 Å². The molecule has 4 heteroatoms. The Balaban J connectivity index is 1.81. The SMILES string of the molecule is C[C@]1(c2ccccc2)CCCN(C(=O)c2c[nH]c(C#N)c2)C1. The number of piperidine rings is 1. The average molecular weight is 293 g/mol. The van der Waals surface area contributed by atoms with Gasteiger partial charge in [0.05, 0.1) is 5.56 Å². The molecular weight excluding hydrogens is 274 g/mol. The number of nitrogens with zero attached hydrogens (tertiary/aromatic N) is 2. The van der Waals surface area contributed by atoms with Crippen LogP contribution in [0.5, 0.6) is 0 Å². The predicted octanol–water partition coefficient (Wildman–Crippen LogP) is 3.08. The first-order valence-electron chi connectivity index (χ1n) is 7.56.